The molecular weight excluding hydrogens is 248 g/mol. The third-order valence-electron chi connectivity index (χ3n) is 3.82. The molecule has 0 bridgehead atoms. The largest absolute Gasteiger partial charge is 0.327 e. The monoisotopic (exact) mass is 276 g/mol. The molecule has 3 nitrogen and oxygen atoms in total. The minimum Gasteiger partial charge on any atom is -0.327 e. The lowest BCUT2D eigenvalue weighted by atomic mass is 9.93. The molecule has 3 N–H and O–H groups in total. The van der Waals surface area contributed by atoms with Crippen molar-refractivity contribution < 1.29 is 4.79 Å². The predicted molar refractivity (Wildman–Crippen MR) is 86.1 cm³/mol. The zero-order valence-electron chi connectivity index (χ0n) is 13.5. The van der Waals surface area contributed by atoms with Crippen LogP contribution in [0.1, 0.15) is 64.5 Å². The van der Waals surface area contributed by atoms with Crippen molar-refractivity contribution in [3.8, 4) is 0 Å². The maximum atomic E-state index is 12.2. The van der Waals surface area contributed by atoms with Crippen LogP contribution in [0.15, 0.2) is 18.2 Å². The number of anilines is 1. The second-order valence-corrected chi connectivity index (χ2v) is 6.29. The van der Waals surface area contributed by atoms with Gasteiger partial charge in [0.1, 0.15) is 0 Å². The molecule has 0 aliphatic rings. The molecule has 1 amide bonds. The topological polar surface area (TPSA) is 55.1 Å². The van der Waals surface area contributed by atoms with Crippen LogP contribution in [0.2, 0.25) is 0 Å². The molecule has 20 heavy (non-hydrogen) atoms. The molecule has 0 radical (unpaired) electrons. The summed E-state index contributed by atoms with van der Waals surface area (Å²) in [5.74, 6) is 0.647. The molecule has 0 saturated heterocycles. The Morgan fingerprint density at radius 1 is 1.05 bits per heavy atom. The molecule has 0 fully saturated rings. The van der Waals surface area contributed by atoms with Gasteiger partial charge in [-0.3, -0.25) is 4.79 Å². The van der Waals surface area contributed by atoms with Gasteiger partial charge in [-0.15, -0.1) is 0 Å². The zero-order valence-corrected chi connectivity index (χ0v) is 13.5. The average molecular weight is 276 g/mol. The number of nitrogens with two attached hydrogens (primary N) is 1. The fourth-order valence-corrected chi connectivity index (χ4v) is 2.02. The number of carbonyl (C=O) groups excluding carboxylic acids is 1. The van der Waals surface area contributed by atoms with Crippen molar-refractivity contribution in [1.82, 2.24) is 0 Å². The van der Waals surface area contributed by atoms with Gasteiger partial charge in [-0.1, -0.05) is 46.8 Å². The highest BCUT2D eigenvalue weighted by molar-refractivity contribution is 5.93. The van der Waals surface area contributed by atoms with Crippen molar-refractivity contribution in [2.24, 2.45) is 11.7 Å². The standard InChI is InChI=1S/C17H28N2O/c1-10(2)14-7-8-16(15(9-14)11(3)4)19-17(20)12(5)13(6)18/h7-13H,18H2,1-6H3,(H,19,20). The maximum absolute atomic E-state index is 12.2. The summed E-state index contributed by atoms with van der Waals surface area (Å²) in [6.07, 6.45) is 0. The van der Waals surface area contributed by atoms with Crippen LogP contribution in [-0.4, -0.2) is 11.9 Å². The smallest absolute Gasteiger partial charge is 0.228 e. The predicted octanol–water partition coefficient (Wildman–Crippen LogP) is 3.86. The highest BCUT2D eigenvalue weighted by atomic mass is 16.1. The fourth-order valence-electron chi connectivity index (χ4n) is 2.02. The molecule has 0 aromatic heterocycles. The van der Waals surface area contributed by atoms with E-state index < -0.39 is 0 Å². The minimum absolute atomic E-state index is 0.0146. The van der Waals surface area contributed by atoms with Gasteiger partial charge in [0.05, 0.1) is 5.92 Å². The first-order chi connectivity index (χ1) is 9.23. The minimum atomic E-state index is -0.195. The van der Waals surface area contributed by atoms with Gasteiger partial charge in [0.15, 0.2) is 0 Å². The molecule has 1 aromatic carbocycles. The van der Waals surface area contributed by atoms with Crippen molar-refractivity contribution in [1.29, 1.82) is 0 Å². The van der Waals surface area contributed by atoms with Gasteiger partial charge in [-0.2, -0.15) is 0 Å². The van der Waals surface area contributed by atoms with E-state index in [2.05, 4.69) is 45.1 Å². The summed E-state index contributed by atoms with van der Waals surface area (Å²) in [6, 6.07) is 6.15. The fraction of sp³-hybridized carbons (Fsp3) is 0.588. The number of hydrogen-bond donors (Lipinski definition) is 2. The van der Waals surface area contributed by atoms with Crippen LogP contribution in [0, 0.1) is 5.92 Å². The zero-order chi connectivity index (χ0) is 15.4. The number of carbonyl (C=O) groups is 1. The van der Waals surface area contributed by atoms with E-state index in [1.54, 1.807) is 0 Å². The molecule has 3 heteroatoms. The number of hydrogen-bond acceptors (Lipinski definition) is 2. The van der Waals surface area contributed by atoms with E-state index in [0.29, 0.717) is 11.8 Å². The Morgan fingerprint density at radius 3 is 2.10 bits per heavy atom. The number of amides is 1. The molecule has 1 aromatic rings. The van der Waals surface area contributed by atoms with Gasteiger partial charge < -0.3 is 11.1 Å². The first-order valence-corrected chi connectivity index (χ1v) is 7.44. The quantitative estimate of drug-likeness (QED) is 0.858. The van der Waals surface area contributed by atoms with Gasteiger partial charge in [-0.05, 0) is 36.0 Å². The van der Waals surface area contributed by atoms with E-state index >= 15 is 0 Å². The molecule has 0 heterocycles. The lowest BCUT2D eigenvalue weighted by Crippen LogP contribution is -2.34. The summed E-state index contributed by atoms with van der Waals surface area (Å²) in [4.78, 5) is 12.2. The van der Waals surface area contributed by atoms with Gasteiger partial charge in [0.2, 0.25) is 5.91 Å². The van der Waals surface area contributed by atoms with Crippen LogP contribution >= 0.6 is 0 Å². The van der Waals surface area contributed by atoms with Gasteiger partial charge in [0, 0.05) is 11.7 Å². The molecule has 112 valence electrons. The van der Waals surface area contributed by atoms with E-state index in [9.17, 15) is 4.79 Å². The van der Waals surface area contributed by atoms with Crippen molar-refractivity contribution >= 4 is 11.6 Å². The summed E-state index contributed by atoms with van der Waals surface area (Å²) >= 11 is 0. The lowest BCUT2D eigenvalue weighted by Gasteiger charge is -2.20. The first kappa shape index (κ1) is 16.7. The number of nitrogens with one attached hydrogen (secondary N) is 1. The van der Waals surface area contributed by atoms with Gasteiger partial charge >= 0.3 is 0 Å². The summed E-state index contributed by atoms with van der Waals surface area (Å²) in [5.41, 5.74) is 9.18. The molecule has 1 rings (SSSR count). The van der Waals surface area contributed by atoms with Crippen molar-refractivity contribution in [3.63, 3.8) is 0 Å². The highest BCUT2D eigenvalue weighted by Crippen LogP contribution is 2.28. The third kappa shape index (κ3) is 4.07. The molecule has 0 spiro atoms. The highest BCUT2D eigenvalue weighted by Gasteiger charge is 2.19. The van der Waals surface area contributed by atoms with Gasteiger partial charge in [0.25, 0.3) is 0 Å². The summed E-state index contributed by atoms with van der Waals surface area (Å²) in [5, 5.41) is 3.02. The van der Waals surface area contributed by atoms with E-state index in [0.717, 1.165) is 5.69 Å². The van der Waals surface area contributed by atoms with Crippen LogP contribution in [0.5, 0.6) is 0 Å². The Hall–Kier alpha value is -1.35. The molecule has 2 atom stereocenters. The van der Waals surface area contributed by atoms with E-state index in [1.807, 2.05) is 19.9 Å². The summed E-state index contributed by atoms with van der Waals surface area (Å²) in [6.45, 7) is 12.4. The summed E-state index contributed by atoms with van der Waals surface area (Å²) in [7, 11) is 0. The lowest BCUT2D eigenvalue weighted by molar-refractivity contribution is -0.119. The molecule has 0 aliphatic carbocycles. The van der Waals surface area contributed by atoms with Crippen LogP contribution < -0.4 is 11.1 Å². The van der Waals surface area contributed by atoms with E-state index in [4.69, 9.17) is 5.73 Å². The number of rotatable bonds is 5. The first-order valence-electron chi connectivity index (χ1n) is 7.44. The van der Waals surface area contributed by atoms with E-state index in [-0.39, 0.29) is 17.9 Å². The maximum Gasteiger partial charge on any atom is 0.228 e. The second kappa shape index (κ2) is 6.89. The summed E-state index contributed by atoms with van der Waals surface area (Å²) < 4.78 is 0. The second-order valence-electron chi connectivity index (χ2n) is 6.29. The van der Waals surface area contributed by atoms with Gasteiger partial charge in [-0.25, -0.2) is 0 Å². The van der Waals surface area contributed by atoms with Crippen molar-refractivity contribution in [3.05, 3.63) is 29.3 Å². The number of benzene rings is 1. The molecule has 2 unspecified atom stereocenters. The third-order valence-corrected chi connectivity index (χ3v) is 3.82. The molecule has 0 saturated carbocycles. The van der Waals surface area contributed by atoms with Crippen LogP contribution in [0.4, 0.5) is 5.69 Å². The van der Waals surface area contributed by atoms with Crippen LogP contribution in [0.25, 0.3) is 0 Å². The Kier molecular flexibility index (Phi) is 5.75. The SMILES string of the molecule is CC(C)c1ccc(NC(=O)C(C)C(C)N)c(C(C)C)c1. The van der Waals surface area contributed by atoms with Crippen molar-refractivity contribution in [2.45, 2.75) is 59.4 Å². The Bertz CT molecular complexity index is 464. The van der Waals surface area contributed by atoms with E-state index in [1.165, 1.54) is 11.1 Å². The molecule has 0 aliphatic heterocycles. The van der Waals surface area contributed by atoms with Crippen LogP contribution in [-0.2, 0) is 4.79 Å². The Balaban J connectivity index is 3.03. The normalized spacial score (nSPS) is 14.4. The van der Waals surface area contributed by atoms with Crippen molar-refractivity contribution in [2.75, 3.05) is 5.32 Å². The molecular formula is C17H28N2O. The Labute approximate surface area is 122 Å². The Morgan fingerprint density at radius 2 is 1.65 bits per heavy atom. The van der Waals surface area contributed by atoms with Crippen LogP contribution in [0.3, 0.4) is 0 Å². The average Bonchev–Trinajstić information content (AvgIpc) is 2.37.